The summed E-state index contributed by atoms with van der Waals surface area (Å²) in [6.07, 6.45) is 7.00. The molecule has 1 amide bonds. The molecule has 2 unspecified atom stereocenters. The quantitative estimate of drug-likeness (QED) is 0.783. The number of carbonyl (C=O) groups is 1. The van der Waals surface area contributed by atoms with Crippen LogP contribution in [0.2, 0.25) is 0 Å². The van der Waals surface area contributed by atoms with E-state index in [1.807, 2.05) is 11.8 Å². The van der Waals surface area contributed by atoms with Gasteiger partial charge in [0, 0.05) is 11.3 Å². The molecule has 1 aliphatic carbocycles. The van der Waals surface area contributed by atoms with Gasteiger partial charge < -0.3 is 10.6 Å². The van der Waals surface area contributed by atoms with Crippen LogP contribution in [0, 0.1) is 5.92 Å². The summed E-state index contributed by atoms with van der Waals surface area (Å²) in [5.74, 6) is 0.672. The Hall–Kier alpha value is -0.220. The summed E-state index contributed by atoms with van der Waals surface area (Å²) >= 11 is 1.89. The van der Waals surface area contributed by atoms with Crippen molar-refractivity contribution in [2.75, 3.05) is 19.3 Å². The van der Waals surface area contributed by atoms with Crippen LogP contribution in [0.25, 0.3) is 0 Å². The van der Waals surface area contributed by atoms with E-state index in [9.17, 15) is 4.79 Å². The lowest BCUT2D eigenvalue weighted by molar-refractivity contribution is -0.124. The molecule has 0 aromatic heterocycles. The first-order chi connectivity index (χ1) is 7.67. The van der Waals surface area contributed by atoms with Gasteiger partial charge in [0.25, 0.3) is 0 Å². The molecular weight excluding hydrogens is 220 g/mol. The summed E-state index contributed by atoms with van der Waals surface area (Å²) in [7, 11) is 0. The highest BCUT2D eigenvalue weighted by molar-refractivity contribution is 8.00. The summed E-state index contributed by atoms with van der Waals surface area (Å²) in [5, 5.41) is 6.44. The molecule has 0 aromatic carbocycles. The molecule has 16 heavy (non-hydrogen) atoms. The third kappa shape index (κ3) is 2.72. The maximum absolute atomic E-state index is 12.0. The average Bonchev–Trinajstić information content (AvgIpc) is 3.07. The topological polar surface area (TPSA) is 41.1 Å². The van der Waals surface area contributed by atoms with E-state index in [0.29, 0.717) is 10.7 Å². The lowest BCUT2D eigenvalue weighted by atomic mass is 9.92. The monoisotopic (exact) mass is 242 g/mol. The lowest BCUT2D eigenvalue weighted by Crippen LogP contribution is -2.52. The molecule has 0 aromatic rings. The predicted molar refractivity (Wildman–Crippen MR) is 68.7 cm³/mol. The van der Waals surface area contributed by atoms with Gasteiger partial charge in [0.05, 0.1) is 6.04 Å². The van der Waals surface area contributed by atoms with Crippen LogP contribution in [0.1, 0.15) is 32.6 Å². The summed E-state index contributed by atoms with van der Waals surface area (Å²) in [6, 6.07) is 0.0337. The molecule has 1 saturated carbocycles. The first-order valence-corrected chi connectivity index (χ1v) is 7.46. The van der Waals surface area contributed by atoms with Crippen molar-refractivity contribution >= 4 is 17.7 Å². The highest BCUT2D eigenvalue weighted by Gasteiger charge is 2.42. The maximum atomic E-state index is 12.0. The normalized spacial score (nSPS) is 32.1. The smallest absolute Gasteiger partial charge is 0.237 e. The number of hydrogen-bond donors (Lipinski definition) is 2. The van der Waals surface area contributed by atoms with Crippen LogP contribution < -0.4 is 10.6 Å². The van der Waals surface area contributed by atoms with Crippen LogP contribution in [-0.2, 0) is 4.79 Å². The van der Waals surface area contributed by atoms with Crippen molar-refractivity contribution in [3.8, 4) is 0 Å². The van der Waals surface area contributed by atoms with Gasteiger partial charge in [0.2, 0.25) is 5.91 Å². The number of carbonyl (C=O) groups excluding carboxylic acids is 1. The van der Waals surface area contributed by atoms with E-state index in [-0.39, 0.29) is 11.9 Å². The molecule has 2 rings (SSSR count). The van der Waals surface area contributed by atoms with Crippen LogP contribution >= 0.6 is 11.8 Å². The number of piperidine rings is 1. The van der Waals surface area contributed by atoms with Crippen LogP contribution in [0.15, 0.2) is 0 Å². The zero-order chi connectivity index (χ0) is 11.6. The van der Waals surface area contributed by atoms with Crippen molar-refractivity contribution in [2.24, 2.45) is 5.92 Å². The van der Waals surface area contributed by atoms with Gasteiger partial charge in [-0.3, -0.25) is 4.79 Å². The summed E-state index contributed by atoms with van der Waals surface area (Å²) in [6.45, 7) is 3.99. The van der Waals surface area contributed by atoms with Gasteiger partial charge in [0.15, 0.2) is 0 Å². The fourth-order valence-electron chi connectivity index (χ4n) is 2.35. The summed E-state index contributed by atoms with van der Waals surface area (Å²) in [5.41, 5.74) is 0. The molecule has 0 radical (unpaired) electrons. The molecule has 0 bridgehead atoms. The fourth-order valence-corrected chi connectivity index (χ4v) is 3.08. The molecule has 92 valence electrons. The van der Waals surface area contributed by atoms with E-state index < -0.39 is 0 Å². The zero-order valence-corrected chi connectivity index (χ0v) is 11.0. The second-order valence-corrected chi connectivity index (χ2v) is 6.43. The lowest BCUT2D eigenvalue weighted by Gasteiger charge is -2.29. The molecule has 2 fully saturated rings. The van der Waals surface area contributed by atoms with E-state index in [1.54, 1.807) is 0 Å². The number of rotatable bonds is 4. The fraction of sp³-hybridized carbons (Fsp3) is 0.917. The number of thioether (sulfide) groups is 1. The average molecular weight is 242 g/mol. The van der Waals surface area contributed by atoms with Crippen LogP contribution in [-0.4, -0.2) is 36.0 Å². The van der Waals surface area contributed by atoms with Crippen molar-refractivity contribution < 1.29 is 4.79 Å². The van der Waals surface area contributed by atoms with Gasteiger partial charge >= 0.3 is 0 Å². The third-order valence-electron chi connectivity index (χ3n) is 3.88. The highest BCUT2D eigenvalue weighted by Crippen LogP contribution is 2.46. The minimum absolute atomic E-state index is 0.0337. The Kier molecular flexibility index (Phi) is 3.80. The minimum atomic E-state index is 0.0337. The predicted octanol–water partition coefficient (Wildman–Crippen LogP) is 1.39. The van der Waals surface area contributed by atoms with Crippen molar-refractivity contribution in [1.82, 2.24) is 10.6 Å². The van der Waals surface area contributed by atoms with Gasteiger partial charge in [-0.05, 0) is 44.4 Å². The Morgan fingerprint density at radius 3 is 2.88 bits per heavy atom. The molecular formula is C12H22N2OS. The molecule has 2 N–H and O–H groups in total. The Morgan fingerprint density at radius 1 is 1.56 bits per heavy atom. The highest BCUT2D eigenvalue weighted by atomic mass is 32.2. The molecule has 1 aliphatic heterocycles. The Bertz CT molecular complexity index is 266. The van der Waals surface area contributed by atoms with Crippen molar-refractivity contribution in [2.45, 2.75) is 43.4 Å². The second-order valence-electron chi connectivity index (χ2n) is 5.16. The van der Waals surface area contributed by atoms with Crippen molar-refractivity contribution in [1.29, 1.82) is 0 Å². The molecule has 3 nitrogen and oxygen atoms in total. The van der Waals surface area contributed by atoms with E-state index >= 15 is 0 Å². The van der Waals surface area contributed by atoms with Gasteiger partial charge in [-0.25, -0.2) is 0 Å². The Morgan fingerprint density at radius 2 is 2.31 bits per heavy atom. The van der Waals surface area contributed by atoms with Gasteiger partial charge in [-0.15, -0.1) is 0 Å². The van der Waals surface area contributed by atoms with E-state index in [1.165, 1.54) is 25.7 Å². The largest absolute Gasteiger partial charge is 0.353 e. The molecule has 2 atom stereocenters. The van der Waals surface area contributed by atoms with Gasteiger partial charge in [-0.1, -0.05) is 6.92 Å². The Labute approximate surface area is 102 Å². The molecule has 1 heterocycles. The first kappa shape index (κ1) is 12.2. The maximum Gasteiger partial charge on any atom is 0.237 e. The van der Waals surface area contributed by atoms with Crippen molar-refractivity contribution in [3.63, 3.8) is 0 Å². The summed E-state index contributed by atoms with van der Waals surface area (Å²) in [4.78, 5) is 12.0. The molecule has 1 saturated heterocycles. The Balaban J connectivity index is 1.78. The number of amides is 1. The van der Waals surface area contributed by atoms with E-state index in [0.717, 1.165) is 13.1 Å². The zero-order valence-electron chi connectivity index (χ0n) is 10.2. The van der Waals surface area contributed by atoms with Crippen LogP contribution in [0.5, 0.6) is 0 Å². The standard InChI is InChI=1S/C12H22N2OS/c1-9-4-3-7-13-10(9)11(15)14-8-12(16-2)5-6-12/h9-10,13H,3-8H2,1-2H3,(H,14,15). The number of nitrogens with one attached hydrogen (secondary N) is 2. The van der Waals surface area contributed by atoms with E-state index in [2.05, 4.69) is 23.8 Å². The molecule has 0 spiro atoms. The number of hydrogen-bond acceptors (Lipinski definition) is 3. The van der Waals surface area contributed by atoms with E-state index in [4.69, 9.17) is 0 Å². The molecule has 4 heteroatoms. The van der Waals surface area contributed by atoms with Crippen LogP contribution in [0.4, 0.5) is 0 Å². The van der Waals surface area contributed by atoms with Gasteiger partial charge in [0.1, 0.15) is 0 Å². The third-order valence-corrected chi connectivity index (χ3v) is 5.30. The van der Waals surface area contributed by atoms with Crippen molar-refractivity contribution in [3.05, 3.63) is 0 Å². The minimum Gasteiger partial charge on any atom is -0.353 e. The summed E-state index contributed by atoms with van der Waals surface area (Å²) < 4.78 is 0.369. The van der Waals surface area contributed by atoms with Crippen LogP contribution in [0.3, 0.4) is 0 Å². The SMILES string of the molecule is CSC1(CNC(=O)C2NCCCC2C)CC1. The first-order valence-electron chi connectivity index (χ1n) is 6.23. The molecule has 2 aliphatic rings. The second kappa shape index (κ2) is 4.96. The van der Waals surface area contributed by atoms with Gasteiger partial charge in [-0.2, -0.15) is 11.8 Å².